The summed E-state index contributed by atoms with van der Waals surface area (Å²) in [6, 6.07) is 6.26. The Balaban J connectivity index is 1.78. The highest BCUT2D eigenvalue weighted by atomic mass is 32.1. The third-order valence-corrected chi connectivity index (χ3v) is 4.29. The Bertz CT molecular complexity index is 591. The lowest BCUT2D eigenvalue weighted by molar-refractivity contribution is -0.116. The molecule has 1 heterocycles. The molecule has 0 aliphatic carbocycles. The molecule has 4 nitrogen and oxygen atoms in total. The Hall–Kier alpha value is -1.69. The largest absolute Gasteiger partial charge is 0.358 e. The molecule has 0 radical (unpaired) electrons. The van der Waals surface area contributed by atoms with Crippen molar-refractivity contribution in [3.05, 3.63) is 30.1 Å². The van der Waals surface area contributed by atoms with Gasteiger partial charge in [0.25, 0.3) is 0 Å². The van der Waals surface area contributed by atoms with E-state index in [-0.39, 0.29) is 17.3 Å². The van der Waals surface area contributed by atoms with Gasteiger partial charge in [-0.05, 0) is 64.0 Å². The van der Waals surface area contributed by atoms with Crippen LogP contribution in [0.2, 0.25) is 0 Å². The first kappa shape index (κ1) is 17.7. The number of anilines is 1. The van der Waals surface area contributed by atoms with Gasteiger partial charge in [0, 0.05) is 30.2 Å². The lowest BCUT2D eigenvalue weighted by atomic mass is 9.93. The highest BCUT2D eigenvalue weighted by molar-refractivity contribution is 7.80. The average molecular weight is 337 g/mol. The van der Waals surface area contributed by atoms with Crippen molar-refractivity contribution in [1.29, 1.82) is 0 Å². The van der Waals surface area contributed by atoms with Crippen LogP contribution in [-0.2, 0) is 4.79 Å². The molecular weight excluding hydrogens is 313 g/mol. The predicted molar refractivity (Wildman–Crippen MR) is 94.9 cm³/mol. The smallest absolute Gasteiger partial charge is 0.224 e. The van der Waals surface area contributed by atoms with E-state index in [0.717, 1.165) is 18.1 Å². The number of carbonyl (C=O) groups is 1. The van der Waals surface area contributed by atoms with Crippen molar-refractivity contribution in [1.82, 2.24) is 10.2 Å². The molecule has 0 saturated carbocycles. The summed E-state index contributed by atoms with van der Waals surface area (Å²) >= 11 is 5.42. The fourth-order valence-corrected chi connectivity index (χ4v) is 3.53. The number of thiocarbonyl (C=S) groups is 1. The first-order valence-electron chi connectivity index (χ1n) is 7.91. The number of amides is 1. The number of nitrogens with one attached hydrogen (secondary N) is 2. The Morgan fingerprint density at radius 1 is 1.52 bits per heavy atom. The predicted octanol–water partition coefficient (Wildman–Crippen LogP) is 3.29. The number of benzene rings is 1. The zero-order valence-electron chi connectivity index (χ0n) is 13.9. The van der Waals surface area contributed by atoms with Gasteiger partial charge in [-0.25, -0.2) is 4.39 Å². The number of nitrogens with zero attached hydrogens (tertiary/aromatic N) is 1. The van der Waals surface area contributed by atoms with Crippen LogP contribution >= 0.6 is 12.2 Å². The molecule has 0 spiro atoms. The molecule has 6 heteroatoms. The minimum absolute atomic E-state index is 0.0156. The van der Waals surface area contributed by atoms with Crippen LogP contribution in [0.25, 0.3) is 0 Å². The standard InChI is InChI=1S/C17H24FN3OS/c1-12-11-17(2,3)20-16(23)21(12)9-5-8-15(22)19-14-7-4-6-13(18)10-14/h4,6-7,10,12H,5,8-9,11H2,1-3H3,(H,19,22)(H,20,23). The van der Waals surface area contributed by atoms with Gasteiger partial charge in [-0.15, -0.1) is 0 Å². The zero-order valence-corrected chi connectivity index (χ0v) is 14.7. The van der Waals surface area contributed by atoms with Gasteiger partial charge in [0.2, 0.25) is 5.91 Å². The van der Waals surface area contributed by atoms with Gasteiger partial charge in [-0.3, -0.25) is 4.79 Å². The molecule has 0 aromatic heterocycles. The van der Waals surface area contributed by atoms with Crippen LogP contribution in [0.1, 0.15) is 40.0 Å². The summed E-state index contributed by atoms with van der Waals surface area (Å²) in [5.74, 6) is -0.469. The van der Waals surface area contributed by atoms with Crippen LogP contribution < -0.4 is 10.6 Å². The zero-order chi connectivity index (χ0) is 17.0. The molecular formula is C17H24FN3OS. The molecule has 1 aliphatic heterocycles. The van der Waals surface area contributed by atoms with Crippen LogP contribution in [0.5, 0.6) is 0 Å². The van der Waals surface area contributed by atoms with Gasteiger partial charge in [0.15, 0.2) is 5.11 Å². The molecule has 1 amide bonds. The summed E-state index contributed by atoms with van der Waals surface area (Å²) in [5.41, 5.74) is 0.502. The molecule has 1 aliphatic rings. The first-order chi connectivity index (χ1) is 10.8. The maximum absolute atomic E-state index is 13.1. The Kier molecular flexibility index (Phi) is 5.57. The van der Waals surface area contributed by atoms with Crippen molar-refractivity contribution in [2.24, 2.45) is 0 Å². The fourth-order valence-electron chi connectivity index (χ4n) is 2.98. The minimum Gasteiger partial charge on any atom is -0.358 e. The second kappa shape index (κ2) is 7.25. The minimum atomic E-state index is -0.357. The van der Waals surface area contributed by atoms with Crippen LogP contribution in [-0.4, -0.2) is 34.0 Å². The average Bonchev–Trinajstić information content (AvgIpc) is 2.40. The van der Waals surface area contributed by atoms with E-state index >= 15 is 0 Å². The summed E-state index contributed by atoms with van der Waals surface area (Å²) < 4.78 is 13.1. The normalized spacial score (nSPS) is 20.1. The molecule has 126 valence electrons. The second-order valence-corrected chi connectivity index (χ2v) is 7.11. The van der Waals surface area contributed by atoms with E-state index in [1.165, 1.54) is 12.1 Å². The van der Waals surface area contributed by atoms with Crippen molar-refractivity contribution in [3.8, 4) is 0 Å². The van der Waals surface area contributed by atoms with Gasteiger partial charge in [-0.2, -0.15) is 0 Å². The molecule has 23 heavy (non-hydrogen) atoms. The van der Waals surface area contributed by atoms with E-state index < -0.39 is 0 Å². The van der Waals surface area contributed by atoms with Gasteiger partial charge >= 0.3 is 0 Å². The van der Waals surface area contributed by atoms with Crippen LogP contribution in [0.4, 0.5) is 10.1 Å². The van der Waals surface area contributed by atoms with E-state index in [4.69, 9.17) is 12.2 Å². The molecule has 2 rings (SSSR count). The fraction of sp³-hybridized carbons (Fsp3) is 0.529. The summed E-state index contributed by atoms with van der Waals surface area (Å²) in [5, 5.41) is 6.79. The maximum atomic E-state index is 13.1. The van der Waals surface area contributed by atoms with Crippen molar-refractivity contribution in [2.75, 3.05) is 11.9 Å². The van der Waals surface area contributed by atoms with Crippen LogP contribution in [0, 0.1) is 5.82 Å². The number of hydrogen-bond donors (Lipinski definition) is 2. The Morgan fingerprint density at radius 2 is 2.26 bits per heavy atom. The molecule has 1 saturated heterocycles. The third kappa shape index (κ3) is 5.16. The van der Waals surface area contributed by atoms with E-state index in [1.807, 2.05) is 0 Å². The number of halogens is 1. The van der Waals surface area contributed by atoms with E-state index in [9.17, 15) is 9.18 Å². The topological polar surface area (TPSA) is 44.4 Å². The Labute approximate surface area is 142 Å². The highest BCUT2D eigenvalue weighted by Crippen LogP contribution is 2.22. The molecule has 1 atom stereocenters. The molecule has 1 fully saturated rings. The molecule has 2 N–H and O–H groups in total. The number of hydrogen-bond acceptors (Lipinski definition) is 2. The summed E-state index contributed by atoms with van der Waals surface area (Å²) in [6.07, 6.45) is 2.09. The lowest BCUT2D eigenvalue weighted by Crippen LogP contribution is -2.60. The van der Waals surface area contributed by atoms with Gasteiger partial charge in [0.05, 0.1) is 0 Å². The van der Waals surface area contributed by atoms with E-state index in [0.29, 0.717) is 24.6 Å². The highest BCUT2D eigenvalue weighted by Gasteiger charge is 2.32. The molecule has 1 unspecified atom stereocenters. The van der Waals surface area contributed by atoms with Crippen LogP contribution in [0.15, 0.2) is 24.3 Å². The summed E-state index contributed by atoms with van der Waals surface area (Å²) in [7, 11) is 0. The van der Waals surface area contributed by atoms with Crippen molar-refractivity contribution in [3.63, 3.8) is 0 Å². The number of carbonyl (C=O) groups excluding carboxylic acids is 1. The Morgan fingerprint density at radius 3 is 2.91 bits per heavy atom. The van der Waals surface area contributed by atoms with Gasteiger partial charge in [-0.1, -0.05) is 6.07 Å². The quantitative estimate of drug-likeness (QED) is 0.809. The third-order valence-electron chi connectivity index (χ3n) is 3.96. The monoisotopic (exact) mass is 337 g/mol. The summed E-state index contributed by atoms with van der Waals surface area (Å²) in [4.78, 5) is 14.1. The van der Waals surface area contributed by atoms with E-state index in [2.05, 4.69) is 36.3 Å². The van der Waals surface area contributed by atoms with E-state index in [1.54, 1.807) is 12.1 Å². The summed E-state index contributed by atoms with van der Waals surface area (Å²) in [6.45, 7) is 7.17. The molecule has 1 aromatic rings. The molecule has 0 bridgehead atoms. The van der Waals surface area contributed by atoms with Crippen molar-refractivity contribution >= 4 is 28.9 Å². The number of rotatable bonds is 5. The second-order valence-electron chi connectivity index (χ2n) is 6.72. The van der Waals surface area contributed by atoms with Gasteiger partial charge < -0.3 is 15.5 Å². The van der Waals surface area contributed by atoms with Gasteiger partial charge in [0.1, 0.15) is 5.82 Å². The molecule has 1 aromatic carbocycles. The lowest BCUT2D eigenvalue weighted by Gasteiger charge is -2.44. The maximum Gasteiger partial charge on any atom is 0.224 e. The SMILES string of the molecule is CC1CC(C)(C)NC(=S)N1CCCC(=O)Nc1cccc(F)c1. The van der Waals surface area contributed by atoms with Crippen LogP contribution in [0.3, 0.4) is 0 Å². The first-order valence-corrected chi connectivity index (χ1v) is 8.32. The van der Waals surface area contributed by atoms with Crippen molar-refractivity contribution in [2.45, 2.75) is 51.6 Å². The van der Waals surface area contributed by atoms with Crippen molar-refractivity contribution < 1.29 is 9.18 Å².